The fourth-order valence-corrected chi connectivity index (χ4v) is 6.91. The second-order valence-electron chi connectivity index (χ2n) is 11.1. The SMILES string of the molecule is C[C@H]1NC[C@H](C)n2nc(-c3nc(-c4ccc5c(c4)NC(=O)C5)c4ccsc4c3-c3c(F)cc(F)cc3OCCOC(F)F)cc21. The van der Waals surface area contributed by atoms with Gasteiger partial charge in [0.05, 0.1) is 36.0 Å². The number of benzene rings is 2. The van der Waals surface area contributed by atoms with E-state index in [0.29, 0.717) is 51.4 Å². The third-order valence-electron chi connectivity index (χ3n) is 8.06. The van der Waals surface area contributed by atoms with Crippen molar-refractivity contribution in [1.82, 2.24) is 20.1 Å². The summed E-state index contributed by atoms with van der Waals surface area (Å²) in [5.74, 6) is -2.06. The summed E-state index contributed by atoms with van der Waals surface area (Å²) in [6.45, 7) is 0.903. The van der Waals surface area contributed by atoms with E-state index < -0.39 is 24.9 Å². The molecule has 0 spiro atoms. The number of nitrogens with zero attached hydrogens (tertiary/aromatic N) is 3. The molecule has 0 radical (unpaired) electrons. The molecule has 0 unspecified atom stereocenters. The number of thiophene rings is 1. The average Bonchev–Trinajstić information content (AvgIpc) is 3.74. The van der Waals surface area contributed by atoms with Crippen molar-refractivity contribution in [2.75, 3.05) is 25.1 Å². The van der Waals surface area contributed by atoms with Gasteiger partial charge in [-0.3, -0.25) is 9.48 Å². The second kappa shape index (κ2) is 11.5. The maximum Gasteiger partial charge on any atom is 0.345 e. The minimum atomic E-state index is -3.01. The topological polar surface area (TPSA) is 90.3 Å². The summed E-state index contributed by atoms with van der Waals surface area (Å²) in [6, 6.07) is 11.2. The maximum atomic E-state index is 16.0. The molecule has 0 bridgehead atoms. The Kier molecular flexibility index (Phi) is 7.54. The molecule has 0 aliphatic carbocycles. The lowest BCUT2D eigenvalue weighted by atomic mass is 9.96. The molecule has 232 valence electrons. The molecule has 0 saturated heterocycles. The van der Waals surface area contributed by atoms with Gasteiger partial charge in [0.25, 0.3) is 0 Å². The highest BCUT2D eigenvalue weighted by atomic mass is 32.1. The lowest BCUT2D eigenvalue weighted by Gasteiger charge is -2.27. The van der Waals surface area contributed by atoms with Crippen molar-refractivity contribution < 1.29 is 31.8 Å². The largest absolute Gasteiger partial charge is 0.490 e. The van der Waals surface area contributed by atoms with Gasteiger partial charge < -0.3 is 20.1 Å². The van der Waals surface area contributed by atoms with Crippen LogP contribution in [0.15, 0.2) is 47.8 Å². The molecular formula is C32H27F4N5O3S. The predicted octanol–water partition coefficient (Wildman–Crippen LogP) is 7.11. The van der Waals surface area contributed by atoms with Gasteiger partial charge in [-0.05, 0) is 43.0 Å². The molecule has 2 aliphatic rings. The van der Waals surface area contributed by atoms with Crippen molar-refractivity contribution in [2.45, 2.75) is 39.0 Å². The van der Waals surface area contributed by atoms with Gasteiger partial charge in [0.15, 0.2) is 0 Å². The highest BCUT2D eigenvalue weighted by molar-refractivity contribution is 7.18. The van der Waals surface area contributed by atoms with Gasteiger partial charge in [0.2, 0.25) is 5.91 Å². The number of alkyl halides is 2. The first-order valence-corrected chi connectivity index (χ1v) is 15.3. The second-order valence-corrected chi connectivity index (χ2v) is 12.0. The zero-order valence-corrected chi connectivity index (χ0v) is 25.0. The van der Waals surface area contributed by atoms with Crippen LogP contribution in [0.2, 0.25) is 0 Å². The van der Waals surface area contributed by atoms with Gasteiger partial charge in [-0.25, -0.2) is 13.8 Å². The lowest BCUT2D eigenvalue weighted by Crippen LogP contribution is -2.34. The maximum absolute atomic E-state index is 16.0. The van der Waals surface area contributed by atoms with E-state index in [-0.39, 0.29) is 35.9 Å². The van der Waals surface area contributed by atoms with Crippen LogP contribution < -0.4 is 15.4 Å². The number of carbonyl (C=O) groups excluding carboxylic acids is 1. The summed E-state index contributed by atoms with van der Waals surface area (Å²) in [7, 11) is 0. The predicted molar refractivity (Wildman–Crippen MR) is 163 cm³/mol. The summed E-state index contributed by atoms with van der Waals surface area (Å²) in [5, 5.41) is 13.8. The first kappa shape index (κ1) is 29.4. The van der Waals surface area contributed by atoms with E-state index in [0.717, 1.165) is 29.0 Å². The minimum absolute atomic E-state index is 0.00699. The van der Waals surface area contributed by atoms with E-state index in [4.69, 9.17) is 14.8 Å². The zero-order chi connectivity index (χ0) is 31.4. The first-order valence-electron chi connectivity index (χ1n) is 14.4. The zero-order valence-electron chi connectivity index (χ0n) is 24.2. The summed E-state index contributed by atoms with van der Waals surface area (Å²) < 4.78 is 68.2. The Hall–Kier alpha value is -4.33. The summed E-state index contributed by atoms with van der Waals surface area (Å²) >= 11 is 1.35. The van der Waals surface area contributed by atoms with Gasteiger partial charge in [-0.1, -0.05) is 12.1 Å². The standard InChI is InChI=1S/C32H27F4N5O3S/c1-15-14-37-16(2)24-13-23(40-41(15)24)30-28(27-21(34)11-19(33)12-25(27)43-6-7-44-32(35)36)31-20(5-8-45-31)29(39-30)18-4-3-17-10-26(42)38-22(17)9-18/h3-5,8-9,11-13,15-16,32,37H,6-7,10,14H2,1-2H3,(H,38,42)/t15-,16+/m0/s1. The Labute approximate surface area is 259 Å². The van der Waals surface area contributed by atoms with Crippen molar-refractivity contribution in [3.8, 4) is 39.5 Å². The van der Waals surface area contributed by atoms with Crippen LogP contribution in [0.3, 0.4) is 0 Å². The monoisotopic (exact) mass is 637 g/mol. The van der Waals surface area contributed by atoms with Gasteiger partial charge in [0.1, 0.15) is 35.4 Å². The van der Waals surface area contributed by atoms with Crippen LogP contribution in [0.1, 0.15) is 37.2 Å². The van der Waals surface area contributed by atoms with E-state index in [1.54, 1.807) is 0 Å². The minimum Gasteiger partial charge on any atom is -0.490 e. The fourth-order valence-electron chi connectivity index (χ4n) is 5.96. The van der Waals surface area contributed by atoms with Gasteiger partial charge in [0, 0.05) is 51.6 Å². The van der Waals surface area contributed by atoms with E-state index in [9.17, 15) is 18.0 Å². The number of rotatable bonds is 8. The molecule has 2 N–H and O–H groups in total. The summed E-state index contributed by atoms with van der Waals surface area (Å²) in [5.41, 5.74) is 4.91. The van der Waals surface area contributed by atoms with Gasteiger partial charge in [-0.2, -0.15) is 13.9 Å². The van der Waals surface area contributed by atoms with Crippen LogP contribution in [-0.4, -0.2) is 47.0 Å². The molecular weight excluding hydrogens is 610 g/mol. The summed E-state index contributed by atoms with van der Waals surface area (Å²) in [4.78, 5) is 17.2. The van der Waals surface area contributed by atoms with Crippen LogP contribution >= 0.6 is 11.3 Å². The number of amides is 1. The van der Waals surface area contributed by atoms with Crippen LogP contribution in [-0.2, 0) is 16.0 Å². The number of anilines is 1. The smallest absolute Gasteiger partial charge is 0.345 e. The fraction of sp³-hybridized carbons (Fsp3) is 0.281. The third-order valence-corrected chi connectivity index (χ3v) is 8.99. The molecule has 2 atom stereocenters. The van der Waals surface area contributed by atoms with Gasteiger partial charge >= 0.3 is 6.61 Å². The highest BCUT2D eigenvalue weighted by Crippen LogP contribution is 2.47. The molecule has 13 heteroatoms. The van der Waals surface area contributed by atoms with E-state index >= 15 is 4.39 Å². The third kappa shape index (κ3) is 5.34. The molecule has 3 aromatic heterocycles. The molecule has 45 heavy (non-hydrogen) atoms. The molecule has 7 rings (SSSR count). The lowest BCUT2D eigenvalue weighted by molar-refractivity contribution is -0.133. The van der Waals surface area contributed by atoms with Crippen LogP contribution in [0.5, 0.6) is 5.75 Å². The van der Waals surface area contributed by atoms with E-state index in [1.807, 2.05) is 54.2 Å². The number of pyridine rings is 1. The Morgan fingerprint density at radius 3 is 2.71 bits per heavy atom. The number of halogens is 4. The summed E-state index contributed by atoms with van der Waals surface area (Å²) in [6.07, 6.45) is 0.292. The Bertz CT molecular complexity index is 1930. The van der Waals surface area contributed by atoms with Crippen LogP contribution in [0.25, 0.3) is 43.9 Å². The van der Waals surface area contributed by atoms with Crippen molar-refractivity contribution >= 4 is 33.0 Å². The number of fused-ring (bicyclic) bond motifs is 3. The van der Waals surface area contributed by atoms with Crippen molar-refractivity contribution in [3.05, 3.63) is 70.7 Å². The number of hydrogen-bond donors (Lipinski definition) is 2. The Balaban J connectivity index is 1.47. The van der Waals surface area contributed by atoms with Crippen LogP contribution in [0.4, 0.5) is 23.2 Å². The number of ether oxygens (including phenoxy) is 2. The molecule has 5 heterocycles. The molecule has 5 aromatic rings. The Morgan fingerprint density at radius 1 is 1.07 bits per heavy atom. The molecule has 2 aromatic carbocycles. The number of nitrogens with one attached hydrogen (secondary N) is 2. The Morgan fingerprint density at radius 2 is 1.91 bits per heavy atom. The average molecular weight is 638 g/mol. The molecule has 1 amide bonds. The molecule has 8 nitrogen and oxygen atoms in total. The number of aromatic nitrogens is 3. The molecule has 0 saturated carbocycles. The van der Waals surface area contributed by atoms with Crippen LogP contribution in [0, 0.1) is 11.6 Å². The normalized spacial score (nSPS) is 17.5. The molecule has 2 aliphatic heterocycles. The number of hydrogen-bond acceptors (Lipinski definition) is 7. The van der Waals surface area contributed by atoms with Crippen molar-refractivity contribution in [1.29, 1.82) is 0 Å². The molecule has 0 fully saturated rings. The van der Waals surface area contributed by atoms with E-state index in [2.05, 4.69) is 15.4 Å². The quantitative estimate of drug-likeness (QED) is 0.139. The number of carbonyl (C=O) groups is 1. The van der Waals surface area contributed by atoms with Crippen molar-refractivity contribution in [3.63, 3.8) is 0 Å². The first-order chi connectivity index (χ1) is 21.7. The van der Waals surface area contributed by atoms with Crippen molar-refractivity contribution in [2.24, 2.45) is 0 Å². The van der Waals surface area contributed by atoms with E-state index in [1.165, 1.54) is 11.3 Å². The van der Waals surface area contributed by atoms with Gasteiger partial charge in [-0.15, -0.1) is 11.3 Å². The highest BCUT2D eigenvalue weighted by Gasteiger charge is 2.30.